The number of hydrogen-bond acceptors (Lipinski definition) is 4. The zero-order valence-electron chi connectivity index (χ0n) is 17.3. The predicted octanol–water partition coefficient (Wildman–Crippen LogP) is 2.82. The van der Waals surface area contributed by atoms with Crippen LogP contribution in [0, 0.1) is 12.7 Å². The first-order valence-corrected chi connectivity index (χ1v) is 11.6. The van der Waals surface area contributed by atoms with Gasteiger partial charge in [-0.25, -0.2) is 12.8 Å². The number of carbonyl (C=O) groups is 2. The Hall–Kier alpha value is -2.78. The average molecular weight is 448 g/mol. The monoisotopic (exact) mass is 447 g/mol. The number of piperidine rings is 1. The Morgan fingerprint density at radius 3 is 2.55 bits per heavy atom. The molecule has 2 amide bonds. The first-order valence-electron chi connectivity index (χ1n) is 10.2. The molecular weight excluding hydrogens is 421 g/mol. The van der Waals surface area contributed by atoms with Gasteiger partial charge in [0.05, 0.1) is 4.90 Å². The number of halogens is 1. The molecule has 1 heterocycles. The fraction of sp³-hybridized carbons (Fsp3) is 0.364. The molecule has 0 aromatic heterocycles. The van der Waals surface area contributed by atoms with Crippen molar-refractivity contribution in [1.29, 1.82) is 0 Å². The van der Waals surface area contributed by atoms with Crippen LogP contribution in [0.5, 0.6) is 0 Å². The molecule has 31 heavy (non-hydrogen) atoms. The molecule has 0 bridgehead atoms. The van der Waals surface area contributed by atoms with E-state index < -0.39 is 27.7 Å². The van der Waals surface area contributed by atoms with E-state index in [9.17, 15) is 22.4 Å². The highest BCUT2D eigenvalue weighted by molar-refractivity contribution is 7.89. The van der Waals surface area contributed by atoms with Crippen LogP contribution in [0.15, 0.2) is 53.4 Å². The van der Waals surface area contributed by atoms with E-state index in [1.54, 1.807) is 18.2 Å². The van der Waals surface area contributed by atoms with E-state index in [1.807, 2.05) is 13.0 Å². The molecule has 2 N–H and O–H groups in total. The number of benzene rings is 2. The van der Waals surface area contributed by atoms with Gasteiger partial charge in [-0.05, 0) is 68.1 Å². The van der Waals surface area contributed by atoms with Crippen LogP contribution in [0.4, 0.5) is 10.1 Å². The molecule has 2 aromatic carbocycles. The van der Waals surface area contributed by atoms with Crippen molar-refractivity contribution in [3.8, 4) is 0 Å². The van der Waals surface area contributed by atoms with Crippen molar-refractivity contribution in [3.05, 3.63) is 59.9 Å². The quantitative estimate of drug-likeness (QED) is 0.666. The van der Waals surface area contributed by atoms with E-state index in [1.165, 1.54) is 16.4 Å². The van der Waals surface area contributed by atoms with E-state index in [4.69, 9.17) is 0 Å². The Kier molecular flexibility index (Phi) is 7.40. The standard InChI is InChI=1S/C22H26FN3O4S/c1-16-5-4-6-18(15-16)25-22(28)21(27)24-13-12-19-7-2-3-14-26(19)31(29,30)20-10-8-17(23)9-11-20/h4-6,8-11,15,19H,2-3,7,12-14H2,1H3,(H,24,27)(H,25,28)/t19-/m0/s1. The lowest BCUT2D eigenvalue weighted by atomic mass is 10.0. The van der Waals surface area contributed by atoms with Crippen molar-refractivity contribution in [2.24, 2.45) is 0 Å². The van der Waals surface area contributed by atoms with Crippen LogP contribution in [-0.2, 0) is 19.6 Å². The fourth-order valence-electron chi connectivity index (χ4n) is 3.66. The van der Waals surface area contributed by atoms with Crippen LogP contribution in [0.25, 0.3) is 0 Å². The number of rotatable bonds is 6. The van der Waals surface area contributed by atoms with Crippen LogP contribution in [0.3, 0.4) is 0 Å². The predicted molar refractivity (Wildman–Crippen MR) is 115 cm³/mol. The Bertz CT molecular complexity index is 1040. The van der Waals surface area contributed by atoms with Crippen molar-refractivity contribution < 1.29 is 22.4 Å². The smallest absolute Gasteiger partial charge is 0.313 e. The second-order valence-corrected chi connectivity index (χ2v) is 9.48. The molecule has 3 rings (SSSR count). The van der Waals surface area contributed by atoms with Crippen LogP contribution >= 0.6 is 0 Å². The Morgan fingerprint density at radius 1 is 1.10 bits per heavy atom. The first kappa shape index (κ1) is 22.9. The van der Waals surface area contributed by atoms with E-state index in [0.29, 0.717) is 25.1 Å². The molecule has 1 saturated heterocycles. The van der Waals surface area contributed by atoms with Gasteiger partial charge in [-0.2, -0.15) is 4.31 Å². The molecule has 0 aliphatic carbocycles. The summed E-state index contributed by atoms with van der Waals surface area (Å²) in [5.74, 6) is -2.05. The fourth-order valence-corrected chi connectivity index (χ4v) is 5.39. The maximum Gasteiger partial charge on any atom is 0.313 e. The minimum Gasteiger partial charge on any atom is -0.348 e. The number of anilines is 1. The molecule has 1 fully saturated rings. The van der Waals surface area contributed by atoms with Gasteiger partial charge in [0.2, 0.25) is 10.0 Å². The molecule has 0 saturated carbocycles. The maximum atomic E-state index is 13.2. The van der Waals surface area contributed by atoms with Gasteiger partial charge in [-0.15, -0.1) is 0 Å². The van der Waals surface area contributed by atoms with E-state index in [0.717, 1.165) is 30.5 Å². The number of aryl methyl sites for hydroxylation is 1. The van der Waals surface area contributed by atoms with Gasteiger partial charge in [-0.1, -0.05) is 18.6 Å². The molecular formula is C22H26FN3O4S. The average Bonchev–Trinajstić information content (AvgIpc) is 2.74. The summed E-state index contributed by atoms with van der Waals surface area (Å²) in [4.78, 5) is 24.2. The van der Waals surface area contributed by atoms with Crippen molar-refractivity contribution in [3.63, 3.8) is 0 Å². The lowest BCUT2D eigenvalue weighted by molar-refractivity contribution is -0.136. The minimum atomic E-state index is -3.77. The van der Waals surface area contributed by atoms with Crippen molar-refractivity contribution in [1.82, 2.24) is 9.62 Å². The van der Waals surface area contributed by atoms with Gasteiger partial charge in [-0.3, -0.25) is 9.59 Å². The SMILES string of the molecule is Cc1cccc(NC(=O)C(=O)NCC[C@@H]2CCCCN2S(=O)(=O)c2ccc(F)cc2)c1. The lowest BCUT2D eigenvalue weighted by Gasteiger charge is -2.34. The highest BCUT2D eigenvalue weighted by atomic mass is 32.2. The molecule has 1 atom stereocenters. The summed E-state index contributed by atoms with van der Waals surface area (Å²) in [5, 5.41) is 5.10. The largest absolute Gasteiger partial charge is 0.348 e. The van der Waals surface area contributed by atoms with E-state index in [-0.39, 0.29) is 17.5 Å². The Labute approximate surface area is 181 Å². The van der Waals surface area contributed by atoms with Crippen LogP contribution in [-0.4, -0.2) is 43.7 Å². The molecule has 1 aliphatic heterocycles. The molecule has 1 aliphatic rings. The second kappa shape index (κ2) is 10.0. The number of amides is 2. The summed E-state index contributed by atoms with van der Waals surface area (Å²) >= 11 is 0. The number of nitrogens with zero attached hydrogens (tertiary/aromatic N) is 1. The zero-order valence-corrected chi connectivity index (χ0v) is 18.1. The highest BCUT2D eigenvalue weighted by Crippen LogP contribution is 2.27. The highest BCUT2D eigenvalue weighted by Gasteiger charge is 2.33. The third-order valence-corrected chi connectivity index (χ3v) is 7.20. The summed E-state index contributed by atoms with van der Waals surface area (Å²) in [6, 6.07) is 11.6. The molecule has 0 unspecified atom stereocenters. The first-order chi connectivity index (χ1) is 14.8. The van der Waals surface area contributed by atoms with Crippen molar-refractivity contribution in [2.75, 3.05) is 18.4 Å². The van der Waals surface area contributed by atoms with Crippen LogP contribution in [0.1, 0.15) is 31.2 Å². The molecule has 166 valence electrons. The summed E-state index contributed by atoms with van der Waals surface area (Å²) in [6.07, 6.45) is 2.65. The number of carbonyl (C=O) groups excluding carboxylic acids is 2. The topological polar surface area (TPSA) is 95.6 Å². The molecule has 7 nitrogen and oxygen atoms in total. The van der Waals surface area contributed by atoms with E-state index >= 15 is 0 Å². The normalized spacial score (nSPS) is 17.2. The molecule has 2 aromatic rings. The molecule has 0 spiro atoms. The molecule has 0 radical (unpaired) electrons. The Balaban J connectivity index is 1.57. The van der Waals surface area contributed by atoms with Gasteiger partial charge >= 0.3 is 11.8 Å². The van der Waals surface area contributed by atoms with Crippen LogP contribution < -0.4 is 10.6 Å². The van der Waals surface area contributed by atoms with Gasteiger partial charge in [0.25, 0.3) is 0 Å². The van der Waals surface area contributed by atoms with Gasteiger partial charge < -0.3 is 10.6 Å². The number of sulfonamides is 1. The summed E-state index contributed by atoms with van der Waals surface area (Å²) in [7, 11) is -3.77. The maximum absolute atomic E-state index is 13.2. The Morgan fingerprint density at radius 2 is 1.84 bits per heavy atom. The third-order valence-electron chi connectivity index (χ3n) is 5.24. The summed E-state index contributed by atoms with van der Waals surface area (Å²) in [6.45, 7) is 2.41. The third kappa shape index (κ3) is 5.89. The lowest BCUT2D eigenvalue weighted by Crippen LogP contribution is -2.45. The summed E-state index contributed by atoms with van der Waals surface area (Å²) in [5.41, 5.74) is 1.49. The van der Waals surface area contributed by atoms with Crippen molar-refractivity contribution in [2.45, 2.75) is 43.5 Å². The van der Waals surface area contributed by atoms with Gasteiger partial charge in [0, 0.05) is 24.8 Å². The van der Waals surface area contributed by atoms with Crippen LogP contribution in [0.2, 0.25) is 0 Å². The second-order valence-electron chi connectivity index (χ2n) is 7.59. The van der Waals surface area contributed by atoms with Gasteiger partial charge in [0.15, 0.2) is 0 Å². The number of nitrogens with one attached hydrogen (secondary N) is 2. The summed E-state index contributed by atoms with van der Waals surface area (Å²) < 4.78 is 40.6. The minimum absolute atomic E-state index is 0.0439. The van der Waals surface area contributed by atoms with Gasteiger partial charge in [0.1, 0.15) is 5.82 Å². The zero-order chi connectivity index (χ0) is 22.4. The molecule has 9 heteroatoms. The van der Waals surface area contributed by atoms with Crippen molar-refractivity contribution >= 4 is 27.5 Å². The number of hydrogen-bond donors (Lipinski definition) is 2. The van der Waals surface area contributed by atoms with E-state index in [2.05, 4.69) is 10.6 Å².